The van der Waals surface area contributed by atoms with E-state index < -0.39 is 5.54 Å². The summed E-state index contributed by atoms with van der Waals surface area (Å²) in [6.45, 7) is 5.42. The number of carbonyl (C=O) groups is 1. The number of nitrogens with one attached hydrogen (secondary N) is 3. The van der Waals surface area contributed by atoms with Gasteiger partial charge in [-0.15, -0.1) is 11.3 Å². The van der Waals surface area contributed by atoms with E-state index in [1.165, 1.54) is 11.3 Å². The lowest BCUT2D eigenvalue weighted by Gasteiger charge is -2.26. The van der Waals surface area contributed by atoms with E-state index in [2.05, 4.69) is 25.6 Å². The first kappa shape index (κ1) is 20.3. The third-order valence-electron chi connectivity index (χ3n) is 4.95. The Morgan fingerprint density at radius 2 is 1.83 bits per heavy atom. The molecule has 4 rings (SSSR count). The van der Waals surface area contributed by atoms with Crippen LogP contribution < -0.4 is 10.6 Å². The number of para-hydroxylation sites is 2. The van der Waals surface area contributed by atoms with Gasteiger partial charge in [0.15, 0.2) is 0 Å². The predicted octanol–water partition coefficient (Wildman–Crippen LogP) is 4.02. The second-order valence-corrected chi connectivity index (χ2v) is 8.64. The molecule has 2 aromatic carbocycles. The van der Waals surface area contributed by atoms with Gasteiger partial charge in [0.1, 0.15) is 11.5 Å². The lowest BCUT2D eigenvalue weighted by molar-refractivity contribution is 0.0907. The highest BCUT2D eigenvalue weighted by molar-refractivity contribution is 7.09. The lowest BCUT2D eigenvalue weighted by atomic mass is 9.94. The number of hydrogen-bond donors (Lipinski definition) is 3. The predicted molar refractivity (Wildman–Crippen MR) is 121 cm³/mol. The second kappa shape index (κ2) is 8.77. The van der Waals surface area contributed by atoms with Crippen LogP contribution in [-0.2, 0) is 18.5 Å². The molecule has 30 heavy (non-hydrogen) atoms. The minimum Gasteiger partial charge on any atom is -0.342 e. The first-order chi connectivity index (χ1) is 14.5. The van der Waals surface area contributed by atoms with E-state index in [0.717, 1.165) is 40.4 Å². The van der Waals surface area contributed by atoms with Crippen molar-refractivity contribution in [2.24, 2.45) is 0 Å². The van der Waals surface area contributed by atoms with Crippen molar-refractivity contribution >= 4 is 28.3 Å². The maximum Gasteiger partial charge on any atom is 0.271 e. The molecule has 0 saturated carbocycles. The van der Waals surface area contributed by atoms with Crippen molar-refractivity contribution in [3.8, 4) is 0 Å². The van der Waals surface area contributed by atoms with Crippen LogP contribution in [0.2, 0.25) is 0 Å². The number of fused-ring (bicyclic) bond motifs is 1. The summed E-state index contributed by atoms with van der Waals surface area (Å²) in [4.78, 5) is 25.0. The van der Waals surface area contributed by atoms with Crippen LogP contribution in [0.3, 0.4) is 0 Å². The van der Waals surface area contributed by atoms with E-state index in [4.69, 9.17) is 0 Å². The smallest absolute Gasteiger partial charge is 0.271 e. The van der Waals surface area contributed by atoms with Crippen molar-refractivity contribution in [3.63, 3.8) is 0 Å². The average Bonchev–Trinajstić information content (AvgIpc) is 3.38. The van der Waals surface area contributed by atoms with Gasteiger partial charge < -0.3 is 15.6 Å². The summed E-state index contributed by atoms with van der Waals surface area (Å²) in [7, 11) is 0. The summed E-state index contributed by atoms with van der Waals surface area (Å²) in [5.74, 6) is 0.764. The minimum atomic E-state index is -0.462. The first-order valence-electron chi connectivity index (χ1n) is 9.98. The molecule has 3 N–H and O–H groups in total. The molecule has 7 heteroatoms. The second-order valence-electron chi connectivity index (χ2n) is 7.70. The molecule has 0 atom stereocenters. The average molecular weight is 420 g/mol. The van der Waals surface area contributed by atoms with Gasteiger partial charge in [-0.2, -0.15) is 0 Å². The zero-order chi connectivity index (χ0) is 21.0. The van der Waals surface area contributed by atoms with Crippen molar-refractivity contribution in [1.29, 1.82) is 0 Å². The summed E-state index contributed by atoms with van der Waals surface area (Å²) in [5, 5.41) is 9.23. The molecule has 0 aliphatic carbocycles. The quantitative estimate of drug-likeness (QED) is 0.377. The van der Waals surface area contributed by atoms with Crippen molar-refractivity contribution < 1.29 is 4.79 Å². The molecule has 0 aliphatic rings. The molecule has 2 aromatic heterocycles. The highest BCUT2D eigenvalue weighted by Gasteiger charge is 2.24. The van der Waals surface area contributed by atoms with Crippen LogP contribution >= 0.6 is 11.3 Å². The number of benzene rings is 2. The molecule has 0 bridgehead atoms. The number of aromatic amines is 1. The van der Waals surface area contributed by atoms with Crippen molar-refractivity contribution in [2.45, 2.75) is 32.4 Å². The van der Waals surface area contributed by atoms with E-state index in [1.54, 1.807) is 0 Å². The number of hydrogen-bond acceptors (Lipinski definition) is 5. The number of carbonyl (C=O) groups excluding carboxylic acids is 1. The highest BCUT2D eigenvalue weighted by Crippen LogP contribution is 2.20. The Balaban J connectivity index is 1.28. The molecule has 0 radical (unpaired) electrons. The van der Waals surface area contributed by atoms with E-state index >= 15 is 0 Å². The third-order valence-corrected chi connectivity index (χ3v) is 5.86. The molecule has 0 spiro atoms. The molecule has 0 fully saturated rings. The van der Waals surface area contributed by atoms with Gasteiger partial charge in [-0.1, -0.05) is 42.5 Å². The molecule has 1 amide bonds. The van der Waals surface area contributed by atoms with Gasteiger partial charge >= 0.3 is 0 Å². The van der Waals surface area contributed by atoms with Crippen LogP contribution in [0.25, 0.3) is 11.0 Å². The number of amides is 1. The van der Waals surface area contributed by atoms with Crippen LogP contribution in [0.4, 0.5) is 0 Å². The SMILES string of the molecule is CC(C)(NC(=O)c1csc(CCNCc2nc3ccccc3[nH]2)n1)c1ccccc1. The Morgan fingerprint density at radius 3 is 2.63 bits per heavy atom. The monoisotopic (exact) mass is 419 g/mol. The van der Waals surface area contributed by atoms with Crippen LogP contribution in [0, 0.1) is 0 Å². The fourth-order valence-corrected chi connectivity index (χ4v) is 4.07. The van der Waals surface area contributed by atoms with Gasteiger partial charge in [0, 0.05) is 18.3 Å². The largest absolute Gasteiger partial charge is 0.342 e. The fraction of sp³-hybridized carbons (Fsp3) is 0.261. The first-order valence-corrected chi connectivity index (χ1v) is 10.9. The van der Waals surface area contributed by atoms with Crippen molar-refractivity contribution in [1.82, 2.24) is 25.6 Å². The van der Waals surface area contributed by atoms with Crippen LogP contribution in [0.5, 0.6) is 0 Å². The number of aromatic nitrogens is 3. The van der Waals surface area contributed by atoms with Gasteiger partial charge in [0.05, 0.1) is 28.1 Å². The minimum absolute atomic E-state index is 0.151. The van der Waals surface area contributed by atoms with Gasteiger partial charge in [-0.25, -0.2) is 9.97 Å². The zero-order valence-corrected chi connectivity index (χ0v) is 17.9. The normalized spacial score (nSPS) is 11.7. The van der Waals surface area contributed by atoms with Crippen molar-refractivity contribution in [3.05, 3.63) is 82.1 Å². The molecule has 154 valence electrons. The maximum atomic E-state index is 12.7. The summed E-state index contributed by atoms with van der Waals surface area (Å²) in [6, 6.07) is 17.9. The van der Waals surface area contributed by atoms with E-state index in [9.17, 15) is 4.79 Å². The summed E-state index contributed by atoms with van der Waals surface area (Å²) in [5.41, 5.74) is 3.09. The van der Waals surface area contributed by atoms with E-state index in [1.807, 2.05) is 73.8 Å². The fourth-order valence-electron chi connectivity index (χ4n) is 3.30. The number of H-pyrrole nitrogens is 1. The van der Waals surface area contributed by atoms with Crippen LogP contribution in [-0.4, -0.2) is 27.4 Å². The maximum absolute atomic E-state index is 12.7. The molecule has 2 heterocycles. The van der Waals surface area contributed by atoms with E-state index in [-0.39, 0.29) is 5.91 Å². The molecule has 4 aromatic rings. The number of rotatable bonds is 8. The number of thiazole rings is 1. The summed E-state index contributed by atoms with van der Waals surface area (Å²) >= 11 is 1.51. The topological polar surface area (TPSA) is 82.7 Å². The van der Waals surface area contributed by atoms with Gasteiger partial charge in [-0.05, 0) is 31.5 Å². The molecule has 0 saturated heterocycles. The third kappa shape index (κ3) is 4.75. The van der Waals surface area contributed by atoms with Gasteiger partial charge in [0.25, 0.3) is 5.91 Å². The summed E-state index contributed by atoms with van der Waals surface area (Å²) < 4.78 is 0. The van der Waals surface area contributed by atoms with Crippen LogP contribution in [0.15, 0.2) is 60.0 Å². The Kier molecular flexibility index (Phi) is 5.92. The van der Waals surface area contributed by atoms with Crippen molar-refractivity contribution in [2.75, 3.05) is 6.54 Å². The Hall–Kier alpha value is -3.03. The van der Waals surface area contributed by atoms with Gasteiger partial charge in [-0.3, -0.25) is 4.79 Å². The number of nitrogens with zero attached hydrogens (tertiary/aromatic N) is 2. The van der Waals surface area contributed by atoms with Crippen LogP contribution in [0.1, 0.15) is 40.7 Å². The molecular weight excluding hydrogens is 394 g/mol. The van der Waals surface area contributed by atoms with Gasteiger partial charge in [0.2, 0.25) is 0 Å². The highest BCUT2D eigenvalue weighted by atomic mass is 32.1. The summed E-state index contributed by atoms with van der Waals surface area (Å²) in [6.07, 6.45) is 0.764. The molecule has 6 nitrogen and oxygen atoms in total. The zero-order valence-electron chi connectivity index (χ0n) is 17.1. The Labute approximate surface area is 179 Å². The molecule has 0 unspecified atom stereocenters. The van der Waals surface area contributed by atoms with E-state index in [0.29, 0.717) is 12.2 Å². The molecular formula is C23H25N5OS. The Morgan fingerprint density at radius 1 is 1.07 bits per heavy atom. The molecule has 0 aliphatic heterocycles. The number of imidazole rings is 1. The Bertz CT molecular complexity index is 1100. The lowest BCUT2D eigenvalue weighted by Crippen LogP contribution is -2.41. The standard InChI is InChI=1S/C23H25N5OS/c1-23(2,16-8-4-3-5-9-16)28-22(29)19-15-30-21(27-19)12-13-24-14-20-25-17-10-6-7-11-18(17)26-20/h3-11,15,24H,12-14H2,1-2H3,(H,25,26)(H,28,29).